The van der Waals surface area contributed by atoms with Crippen LogP contribution in [0.1, 0.15) is 18.1 Å². The maximum atomic E-state index is 9.26. The molecule has 0 aliphatic heterocycles. The molecule has 0 fully saturated rings. The van der Waals surface area contributed by atoms with E-state index in [2.05, 4.69) is 33.8 Å². The number of nitrogens with zero attached hydrogens (tertiary/aromatic N) is 2. The van der Waals surface area contributed by atoms with Crippen LogP contribution in [0.3, 0.4) is 0 Å². The van der Waals surface area contributed by atoms with Crippen molar-refractivity contribution in [1.82, 2.24) is 0 Å². The van der Waals surface area contributed by atoms with Gasteiger partial charge in [0.05, 0.1) is 11.3 Å². The Morgan fingerprint density at radius 2 is 2.00 bits per heavy atom. The third-order valence-electron chi connectivity index (χ3n) is 3.22. The van der Waals surface area contributed by atoms with E-state index < -0.39 is 0 Å². The SMILES string of the molecule is CCN(Cc1ccccc1N)c1cc(Br)ccc1C#N. The Morgan fingerprint density at radius 3 is 2.65 bits per heavy atom. The zero-order valence-electron chi connectivity index (χ0n) is 11.3. The lowest BCUT2D eigenvalue weighted by Gasteiger charge is -2.25. The third-order valence-corrected chi connectivity index (χ3v) is 3.71. The summed E-state index contributed by atoms with van der Waals surface area (Å²) in [6.45, 7) is 3.56. The molecular weight excluding hydrogens is 314 g/mol. The first-order chi connectivity index (χ1) is 9.65. The van der Waals surface area contributed by atoms with Crippen LogP contribution >= 0.6 is 15.9 Å². The van der Waals surface area contributed by atoms with E-state index in [1.165, 1.54) is 0 Å². The quantitative estimate of drug-likeness (QED) is 0.864. The fraction of sp³-hybridized carbons (Fsp3) is 0.188. The van der Waals surface area contributed by atoms with Gasteiger partial charge in [-0.25, -0.2) is 0 Å². The molecule has 2 rings (SSSR count). The van der Waals surface area contributed by atoms with Crippen LogP contribution in [0.15, 0.2) is 46.9 Å². The van der Waals surface area contributed by atoms with Gasteiger partial charge in [-0.05, 0) is 36.8 Å². The second kappa shape index (κ2) is 6.44. The molecule has 0 saturated heterocycles. The number of halogens is 1. The standard InChI is InChI=1S/C16H16BrN3/c1-2-20(11-13-5-3-4-6-15(13)19)16-9-14(17)8-7-12(16)10-18/h3-9H,2,11,19H2,1H3. The van der Waals surface area contributed by atoms with Crippen LogP contribution in [0.25, 0.3) is 0 Å². The van der Waals surface area contributed by atoms with Crippen molar-refractivity contribution in [2.75, 3.05) is 17.2 Å². The Morgan fingerprint density at radius 1 is 1.25 bits per heavy atom. The van der Waals surface area contributed by atoms with E-state index in [0.29, 0.717) is 12.1 Å². The van der Waals surface area contributed by atoms with Gasteiger partial charge in [-0.2, -0.15) is 5.26 Å². The maximum absolute atomic E-state index is 9.26. The van der Waals surface area contributed by atoms with Crippen LogP contribution in [0.2, 0.25) is 0 Å². The van der Waals surface area contributed by atoms with E-state index >= 15 is 0 Å². The van der Waals surface area contributed by atoms with Crippen LogP contribution < -0.4 is 10.6 Å². The molecule has 3 nitrogen and oxygen atoms in total. The number of nitrogen functional groups attached to an aromatic ring is 1. The van der Waals surface area contributed by atoms with E-state index in [1.807, 2.05) is 42.5 Å². The molecule has 0 atom stereocenters. The predicted molar refractivity (Wildman–Crippen MR) is 86.4 cm³/mol. The van der Waals surface area contributed by atoms with Gasteiger partial charge in [0.2, 0.25) is 0 Å². The highest BCUT2D eigenvalue weighted by atomic mass is 79.9. The number of para-hydroxylation sites is 1. The lowest BCUT2D eigenvalue weighted by atomic mass is 10.1. The molecule has 20 heavy (non-hydrogen) atoms. The lowest BCUT2D eigenvalue weighted by Crippen LogP contribution is -2.23. The van der Waals surface area contributed by atoms with E-state index in [1.54, 1.807) is 0 Å². The molecule has 0 saturated carbocycles. The maximum Gasteiger partial charge on any atom is 0.101 e. The normalized spacial score (nSPS) is 10.1. The highest BCUT2D eigenvalue weighted by molar-refractivity contribution is 9.10. The van der Waals surface area contributed by atoms with Gasteiger partial charge in [-0.1, -0.05) is 34.1 Å². The Balaban J connectivity index is 2.36. The molecule has 0 heterocycles. The fourth-order valence-electron chi connectivity index (χ4n) is 2.11. The summed E-state index contributed by atoms with van der Waals surface area (Å²) in [6.07, 6.45) is 0. The van der Waals surface area contributed by atoms with E-state index in [9.17, 15) is 5.26 Å². The smallest absolute Gasteiger partial charge is 0.101 e. The van der Waals surface area contributed by atoms with Gasteiger partial charge in [0.1, 0.15) is 6.07 Å². The van der Waals surface area contributed by atoms with Gasteiger partial charge < -0.3 is 10.6 Å². The Kier molecular flexibility index (Phi) is 4.65. The molecule has 0 aliphatic carbocycles. The number of anilines is 2. The first-order valence-corrected chi connectivity index (χ1v) is 7.23. The highest BCUT2D eigenvalue weighted by Gasteiger charge is 2.12. The average molecular weight is 330 g/mol. The average Bonchev–Trinajstić information content (AvgIpc) is 2.46. The topological polar surface area (TPSA) is 53.0 Å². The minimum Gasteiger partial charge on any atom is -0.398 e. The van der Waals surface area contributed by atoms with Crippen LogP contribution in [0.5, 0.6) is 0 Å². The fourth-order valence-corrected chi connectivity index (χ4v) is 2.46. The molecule has 0 aromatic heterocycles. The first kappa shape index (κ1) is 14.4. The molecule has 2 aromatic carbocycles. The summed E-state index contributed by atoms with van der Waals surface area (Å²) in [5.41, 5.74) is 9.44. The van der Waals surface area contributed by atoms with Crippen molar-refractivity contribution in [1.29, 1.82) is 5.26 Å². The van der Waals surface area contributed by atoms with Crippen molar-refractivity contribution < 1.29 is 0 Å². The number of hydrogen-bond donors (Lipinski definition) is 1. The minimum atomic E-state index is 0.671. The van der Waals surface area contributed by atoms with Crippen molar-refractivity contribution in [3.8, 4) is 6.07 Å². The zero-order valence-corrected chi connectivity index (χ0v) is 12.9. The largest absolute Gasteiger partial charge is 0.398 e. The second-order valence-corrected chi connectivity index (χ2v) is 5.40. The van der Waals surface area contributed by atoms with Crippen molar-refractivity contribution in [3.63, 3.8) is 0 Å². The van der Waals surface area contributed by atoms with Crippen molar-refractivity contribution in [2.45, 2.75) is 13.5 Å². The molecule has 0 radical (unpaired) electrons. The molecule has 0 unspecified atom stereocenters. The Labute approximate surface area is 127 Å². The molecule has 0 aliphatic rings. The van der Waals surface area contributed by atoms with Gasteiger partial charge in [0.15, 0.2) is 0 Å². The van der Waals surface area contributed by atoms with Crippen molar-refractivity contribution in [2.24, 2.45) is 0 Å². The first-order valence-electron chi connectivity index (χ1n) is 6.43. The summed E-state index contributed by atoms with van der Waals surface area (Å²) in [5, 5.41) is 9.26. The highest BCUT2D eigenvalue weighted by Crippen LogP contribution is 2.27. The van der Waals surface area contributed by atoms with Crippen molar-refractivity contribution in [3.05, 3.63) is 58.1 Å². The molecule has 102 valence electrons. The van der Waals surface area contributed by atoms with Crippen LogP contribution in [-0.2, 0) is 6.54 Å². The number of hydrogen-bond acceptors (Lipinski definition) is 3. The summed E-state index contributed by atoms with van der Waals surface area (Å²) < 4.78 is 0.964. The summed E-state index contributed by atoms with van der Waals surface area (Å²) in [6, 6.07) is 15.7. The van der Waals surface area contributed by atoms with Crippen LogP contribution in [-0.4, -0.2) is 6.54 Å². The molecule has 2 aromatic rings. The van der Waals surface area contributed by atoms with Gasteiger partial charge >= 0.3 is 0 Å². The van der Waals surface area contributed by atoms with Gasteiger partial charge in [0.25, 0.3) is 0 Å². The summed E-state index contributed by atoms with van der Waals surface area (Å²) in [5.74, 6) is 0. The monoisotopic (exact) mass is 329 g/mol. The van der Waals surface area contributed by atoms with Crippen LogP contribution in [0, 0.1) is 11.3 Å². The van der Waals surface area contributed by atoms with E-state index in [0.717, 1.165) is 28.0 Å². The predicted octanol–water partition coefficient (Wildman–Crippen LogP) is 3.93. The number of nitrogens with two attached hydrogens (primary N) is 1. The van der Waals surface area contributed by atoms with E-state index in [4.69, 9.17) is 5.73 Å². The van der Waals surface area contributed by atoms with Crippen LogP contribution in [0.4, 0.5) is 11.4 Å². The Bertz CT molecular complexity index is 646. The van der Waals surface area contributed by atoms with Gasteiger partial charge in [-0.15, -0.1) is 0 Å². The third kappa shape index (κ3) is 3.12. The molecule has 0 spiro atoms. The van der Waals surface area contributed by atoms with Gasteiger partial charge in [-0.3, -0.25) is 0 Å². The summed E-state index contributed by atoms with van der Waals surface area (Å²) in [4.78, 5) is 2.15. The minimum absolute atomic E-state index is 0.671. The molecular formula is C16H16BrN3. The summed E-state index contributed by atoms with van der Waals surface area (Å²) in [7, 11) is 0. The molecule has 0 amide bonds. The van der Waals surface area contributed by atoms with Gasteiger partial charge in [0, 0.05) is 23.2 Å². The Hall–Kier alpha value is -1.99. The number of benzene rings is 2. The van der Waals surface area contributed by atoms with E-state index in [-0.39, 0.29) is 0 Å². The molecule has 2 N–H and O–H groups in total. The molecule has 4 heteroatoms. The van der Waals surface area contributed by atoms with Crippen molar-refractivity contribution >= 4 is 27.3 Å². The summed E-state index contributed by atoms with van der Waals surface area (Å²) >= 11 is 3.46. The zero-order chi connectivity index (χ0) is 14.5. The number of nitriles is 1. The lowest BCUT2D eigenvalue weighted by molar-refractivity contribution is 0.831. The second-order valence-electron chi connectivity index (χ2n) is 4.49. The number of rotatable bonds is 4. The molecule has 0 bridgehead atoms.